The van der Waals surface area contributed by atoms with Crippen molar-refractivity contribution >= 4 is 0 Å². The van der Waals surface area contributed by atoms with Gasteiger partial charge in [0.15, 0.2) is 0 Å². The average molecular weight is 152 g/mol. The third-order valence-electron chi connectivity index (χ3n) is 1.70. The van der Waals surface area contributed by atoms with E-state index >= 15 is 0 Å². The van der Waals surface area contributed by atoms with E-state index in [-0.39, 0.29) is 5.54 Å². The Bertz CT molecular complexity index is 184. The molecule has 0 aliphatic rings. The van der Waals surface area contributed by atoms with Crippen LogP contribution in [0.4, 0.5) is 0 Å². The maximum absolute atomic E-state index is 8.34. The van der Waals surface area contributed by atoms with Crippen molar-refractivity contribution in [2.75, 3.05) is 0 Å². The lowest BCUT2D eigenvalue weighted by Gasteiger charge is -2.25. The standard InChI is InChI=1S/C9H16N2/c1-5-9(3,4)11-8(2)6-7-10/h6,11H,5H2,1-4H3/b8-6+. The molecule has 0 amide bonds. The van der Waals surface area contributed by atoms with Crippen molar-refractivity contribution in [2.24, 2.45) is 0 Å². The first-order valence-electron chi connectivity index (χ1n) is 3.86. The Morgan fingerprint density at radius 3 is 2.55 bits per heavy atom. The molecule has 0 spiro atoms. The number of rotatable bonds is 3. The van der Waals surface area contributed by atoms with Gasteiger partial charge in [-0.15, -0.1) is 0 Å². The van der Waals surface area contributed by atoms with Crippen molar-refractivity contribution in [3.05, 3.63) is 11.8 Å². The van der Waals surface area contributed by atoms with Crippen LogP contribution in [0.2, 0.25) is 0 Å². The normalized spacial score (nSPS) is 12.5. The lowest BCUT2D eigenvalue weighted by Crippen LogP contribution is -2.36. The Morgan fingerprint density at radius 1 is 1.64 bits per heavy atom. The van der Waals surface area contributed by atoms with E-state index < -0.39 is 0 Å². The third-order valence-corrected chi connectivity index (χ3v) is 1.70. The molecule has 62 valence electrons. The van der Waals surface area contributed by atoms with Crippen LogP contribution < -0.4 is 5.32 Å². The molecule has 0 radical (unpaired) electrons. The smallest absolute Gasteiger partial charge is 0.0930 e. The molecule has 0 aromatic carbocycles. The fourth-order valence-electron chi connectivity index (χ4n) is 0.755. The number of nitriles is 1. The first kappa shape index (κ1) is 10.0. The fraction of sp³-hybridized carbons (Fsp3) is 0.667. The van der Waals surface area contributed by atoms with Crippen LogP contribution in [0.15, 0.2) is 11.8 Å². The molecule has 0 saturated heterocycles. The van der Waals surface area contributed by atoms with Crippen molar-refractivity contribution in [3.63, 3.8) is 0 Å². The Labute approximate surface area is 68.9 Å². The summed E-state index contributed by atoms with van der Waals surface area (Å²) in [5.74, 6) is 0. The maximum Gasteiger partial charge on any atom is 0.0930 e. The predicted octanol–water partition coefficient (Wildman–Crippen LogP) is 2.19. The van der Waals surface area contributed by atoms with Gasteiger partial charge in [0.25, 0.3) is 0 Å². The predicted molar refractivity (Wildman–Crippen MR) is 46.9 cm³/mol. The van der Waals surface area contributed by atoms with Gasteiger partial charge in [-0.25, -0.2) is 0 Å². The van der Waals surface area contributed by atoms with Crippen molar-refractivity contribution in [3.8, 4) is 6.07 Å². The van der Waals surface area contributed by atoms with E-state index in [4.69, 9.17) is 5.26 Å². The molecule has 0 aromatic rings. The first-order valence-corrected chi connectivity index (χ1v) is 3.86. The zero-order valence-electron chi connectivity index (χ0n) is 7.73. The Morgan fingerprint density at radius 2 is 2.18 bits per heavy atom. The van der Waals surface area contributed by atoms with Gasteiger partial charge in [0.05, 0.1) is 6.07 Å². The van der Waals surface area contributed by atoms with Crippen molar-refractivity contribution in [1.82, 2.24) is 5.32 Å². The minimum absolute atomic E-state index is 0.0947. The van der Waals surface area contributed by atoms with Gasteiger partial charge in [-0.05, 0) is 27.2 Å². The van der Waals surface area contributed by atoms with Crippen LogP contribution in [0.1, 0.15) is 34.1 Å². The largest absolute Gasteiger partial charge is 0.383 e. The molecule has 2 nitrogen and oxygen atoms in total. The van der Waals surface area contributed by atoms with Crippen LogP contribution in [0.3, 0.4) is 0 Å². The SMILES string of the molecule is CCC(C)(C)N/C(C)=C/C#N. The molecule has 11 heavy (non-hydrogen) atoms. The van der Waals surface area contributed by atoms with Gasteiger partial charge in [0.2, 0.25) is 0 Å². The summed E-state index contributed by atoms with van der Waals surface area (Å²) in [5.41, 5.74) is 1.02. The second-order valence-electron chi connectivity index (χ2n) is 3.32. The van der Waals surface area contributed by atoms with E-state index in [1.54, 1.807) is 0 Å². The second kappa shape index (κ2) is 4.02. The molecular formula is C9H16N2. The highest BCUT2D eigenvalue weighted by atomic mass is 15.0. The summed E-state index contributed by atoms with van der Waals surface area (Å²) in [6.07, 6.45) is 2.57. The zero-order chi connectivity index (χ0) is 8.91. The molecule has 1 N–H and O–H groups in total. The second-order valence-corrected chi connectivity index (χ2v) is 3.32. The van der Waals surface area contributed by atoms with Gasteiger partial charge in [0.1, 0.15) is 0 Å². The molecular weight excluding hydrogens is 136 g/mol. The molecule has 0 saturated carbocycles. The van der Waals surface area contributed by atoms with E-state index in [2.05, 4.69) is 26.1 Å². The van der Waals surface area contributed by atoms with E-state index in [0.29, 0.717) is 0 Å². The fourth-order valence-corrected chi connectivity index (χ4v) is 0.755. The minimum Gasteiger partial charge on any atom is -0.383 e. The Kier molecular flexibility index (Phi) is 3.67. The first-order chi connectivity index (χ1) is 5.02. The van der Waals surface area contributed by atoms with Crippen molar-refractivity contribution < 1.29 is 0 Å². The number of allylic oxidation sites excluding steroid dienone is 2. The lowest BCUT2D eigenvalue weighted by atomic mass is 10.0. The summed E-state index contributed by atoms with van der Waals surface area (Å²) in [6.45, 7) is 8.25. The molecule has 0 aromatic heterocycles. The molecule has 2 heteroatoms. The summed E-state index contributed by atoms with van der Waals surface area (Å²) >= 11 is 0. The Hall–Kier alpha value is -0.970. The number of nitrogens with one attached hydrogen (secondary N) is 1. The molecule has 0 bridgehead atoms. The average Bonchev–Trinajstić information content (AvgIpc) is 1.87. The van der Waals surface area contributed by atoms with Gasteiger partial charge in [0, 0.05) is 17.3 Å². The highest BCUT2D eigenvalue weighted by Crippen LogP contribution is 2.08. The van der Waals surface area contributed by atoms with E-state index in [1.165, 1.54) is 6.08 Å². The van der Waals surface area contributed by atoms with Crippen LogP contribution in [0, 0.1) is 11.3 Å². The molecule has 0 aliphatic heterocycles. The van der Waals surface area contributed by atoms with Gasteiger partial charge < -0.3 is 5.32 Å². The number of hydrogen-bond donors (Lipinski definition) is 1. The number of nitrogens with zero attached hydrogens (tertiary/aromatic N) is 1. The van der Waals surface area contributed by atoms with E-state index in [0.717, 1.165) is 12.1 Å². The van der Waals surface area contributed by atoms with Gasteiger partial charge in [-0.1, -0.05) is 6.92 Å². The molecule has 0 unspecified atom stereocenters. The zero-order valence-corrected chi connectivity index (χ0v) is 7.73. The Balaban J connectivity index is 4.06. The quantitative estimate of drug-likeness (QED) is 0.629. The highest BCUT2D eigenvalue weighted by molar-refractivity contribution is 5.11. The van der Waals surface area contributed by atoms with E-state index in [1.807, 2.05) is 13.0 Å². The van der Waals surface area contributed by atoms with Crippen LogP contribution in [0.5, 0.6) is 0 Å². The molecule has 0 atom stereocenters. The van der Waals surface area contributed by atoms with Crippen LogP contribution in [0.25, 0.3) is 0 Å². The van der Waals surface area contributed by atoms with Crippen molar-refractivity contribution in [1.29, 1.82) is 5.26 Å². The molecule has 0 aliphatic carbocycles. The third kappa shape index (κ3) is 4.44. The number of hydrogen-bond acceptors (Lipinski definition) is 2. The topological polar surface area (TPSA) is 35.8 Å². The van der Waals surface area contributed by atoms with Crippen LogP contribution in [-0.2, 0) is 0 Å². The summed E-state index contributed by atoms with van der Waals surface area (Å²) in [7, 11) is 0. The molecule has 0 heterocycles. The summed E-state index contributed by atoms with van der Waals surface area (Å²) < 4.78 is 0. The van der Waals surface area contributed by atoms with Crippen molar-refractivity contribution in [2.45, 2.75) is 39.7 Å². The van der Waals surface area contributed by atoms with Gasteiger partial charge in [-0.2, -0.15) is 5.26 Å². The monoisotopic (exact) mass is 152 g/mol. The highest BCUT2D eigenvalue weighted by Gasteiger charge is 2.12. The lowest BCUT2D eigenvalue weighted by molar-refractivity contribution is 0.415. The molecule has 0 fully saturated rings. The summed E-state index contributed by atoms with van der Waals surface area (Å²) in [6, 6.07) is 1.99. The van der Waals surface area contributed by atoms with Crippen LogP contribution >= 0.6 is 0 Å². The van der Waals surface area contributed by atoms with E-state index in [9.17, 15) is 0 Å². The summed E-state index contributed by atoms with van der Waals surface area (Å²) in [5, 5.41) is 11.6. The maximum atomic E-state index is 8.34. The van der Waals surface area contributed by atoms with Gasteiger partial charge >= 0.3 is 0 Å². The minimum atomic E-state index is 0.0947. The summed E-state index contributed by atoms with van der Waals surface area (Å²) in [4.78, 5) is 0. The molecule has 0 rings (SSSR count). The van der Waals surface area contributed by atoms with Gasteiger partial charge in [-0.3, -0.25) is 0 Å². The van der Waals surface area contributed by atoms with Crippen LogP contribution in [-0.4, -0.2) is 5.54 Å².